The summed E-state index contributed by atoms with van der Waals surface area (Å²) in [6.07, 6.45) is 0.347. The van der Waals surface area contributed by atoms with E-state index in [2.05, 4.69) is 26.6 Å². The summed E-state index contributed by atoms with van der Waals surface area (Å²) in [6, 6.07) is 4.61. The highest BCUT2D eigenvalue weighted by molar-refractivity contribution is 9.10. The van der Waals surface area contributed by atoms with Crippen LogP contribution in [0.25, 0.3) is 0 Å². The Balaban J connectivity index is 2.26. The second-order valence-corrected chi connectivity index (χ2v) is 7.10. The molecule has 0 radical (unpaired) electrons. The van der Waals surface area contributed by atoms with Gasteiger partial charge >= 0.3 is 6.09 Å². The average Bonchev–Trinajstić information content (AvgIpc) is 2.36. The van der Waals surface area contributed by atoms with E-state index in [1.165, 1.54) is 12.1 Å². The third kappa shape index (κ3) is 7.75. The van der Waals surface area contributed by atoms with Crippen molar-refractivity contribution in [1.82, 2.24) is 10.6 Å². The van der Waals surface area contributed by atoms with Gasteiger partial charge in [0.25, 0.3) is 0 Å². The van der Waals surface area contributed by atoms with Crippen molar-refractivity contribution in [3.8, 4) is 0 Å². The van der Waals surface area contributed by atoms with Crippen LogP contribution in [0.5, 0.6) is 0 Å². The van der Waals surface area contributed by atoms with Crippen LogP contribution >= 0.6 is 15.9 Å². The van der Waals surface area contributed by atoms with Gasteiger partial charge < -0.3 is 15.4 Å². The van der Waals surface area contributed by atoms with Crippen LogP contribution in [-0.2, 0) is 11.3 Å². The minimum atomic E-state index is -0.494. The molecule has 4 nitrogen and oxygen atoms in total. The first kappa shape index (κ1) is 18.9. The number of alkyl carbamates (subject to hydrolysis) is 1. The topological polar surface area (TPSA) is 50.4 Å². The molecule has 0 bridgehead atoms. The molecule has 0 spiro atoms. The molecule has 0 saturated heterocycles. The van der Waals surface area contributed by atoms with Crippen molar-refractivity contribution in [1.29, 1.82) is 0 Å². The number of carbonyl (C=O) groups is 1. The maximum atomic E-state index is 13.2. The Labute approximate surface area is 139 Å². The highest BCUT2D eigenvalue weighted by atomic mass is 79.9. The van der Waals surface area contributed by atoms with Gasteiger partial charge in [-0.1, -0.05) is 15.9 Å². The van der Waals surface area contributed by atoms with Crippen molar-refractivity contribution >= 4 is 22.0 Å². The van der Waals surface area contributed by atoms with Crippen molar-refractivity contribution in [3.05, 3.63) is 34.1 Å². The number of amides is 1. The summed E-state index contributed by atoms with van der Waals surface area (Å²) < 4.78 is 19.2. The van der Waals surface area contributed by atoms with Crippen molar-refractivity contribution in [2.24, 2.45) is 0 Å². The summed E-state index contributed by atoms with van der Waals surface area (Å²) in [5.74, 6) is -0.250. The van der Waals surface area contributed by atoms with Gasteiger partial charge in [-0.3, -0.25) is 0 Å². The molecule has 0 heterocycles. The molecule has 124 valence electrons. The van der Waals surface area contributed by atoms with Gasteiger partial charge in [0.2, 0.25) is 0 Å². The van der Waals surface area contributed by atoms with Gasteiger partial charge in [0.05, 0.1) is 0 Å². The number of hydrogen-bond acceptors (Lipinski definition) is 3. The fraction of sp³-hybridized carbons (Fsp3) is 0.562. The van der Waals surface area contributed by atoms with E-state index in [-0.39, 0.29) is 11.9 Å². The Morgan fingerprint density at radius 1 is 1.41 bits per heavy atom. The van der Waals surface area contributed by atoms with E-state index >= 15 is 0 Å². The molecule has 1 aromatic carbocycles. The largest absolute Gasteiger partial charge is 0.444 e. The lowest BCUT2D eigenvalue weighted by molar-refractivity contribution is 0.0506. The van der Waals surface area contributed by atoms with E-state index in [9.17, 15) is 9.18 Å². The maximum Gasteiger partial charge on any atom is 0.407 e. The Morgan fingerprint density at radius 2 is 2.09 bits per heavy atom. The van der Waals surface area contributed by atoms with Gasteiger partial charge in [-0.2, -0.15) is 0 Å². The second-order valence-electron chi connectivity index (χ2n) is 6.25. The predicted octanol–water partition coefficient (Wildman–Crippen LogP) is 3.98. The molecule has 2 N–H and O–H groups in total. The fourth-order valence-electron chi connectivity index (χ4n) is 1.80. The van der Waals surface area contributed by atoms with Gasteiger partial charge in [-0.25, -0.2) is 9.18 Å². The Kier molecular flexibility index (Phi) is 7.29. The summed E-state index contributed by atoms with van der Waals surface area (Å²) >= 11 is 3.39. The van der Waals surface area contributed by atoms with E-state index in [4.69, 9.17) is 4.74 Å². The first-order valence-corrected chi connectivity index (χ1v) is 8.11. The number of carbonyl (C=O) groups excluding carboxylic acids is 1. The molecule has 0 saturated carbocycles. The van der Waals surface area contributed by atoms with Gasteiger partial charge in [0.15, 0.2) is 0 Å². The minimum Gasteiger partial charge on any atom is -0.444 e. The normalized spacial score (nSPS) is 12.8. The summed E-state index contributed by atoms with van der Waals surface area (Å²) in [7, 11) is 0. The van der Waals surface area contributed by atoms with Crippen molar-refractivity contribution in [3.63, 3.8) is 0 Å². The zero-order valence-corrected chi connectivity index (χ0v) is 15.1. The van der Waals surface area contributed by atoms with Crippen LogP contribution in [0, 0.1) is 5.82 Å². The van der Waals surface area contributed by atoms with Gasteiger partial charge in [-0.15, -0.1) is 0 Å². The van der Waals surface area contributed by atoms with Crippen LogP contribution in [-0.4, -0.2) is 24.3 Å². The lowest BCUT2D eigenvalue weighted by Crippen LogP contribution is -2.38. The van der Waals surface area contributed by atoms with Crippen LogP contribution in [0.3, 0.4) is 0 Å². The molecule has 6 heteroatoms. The van der Waals surface area contributed by atoms with E-state index in [0.717, 1.165) is 16.5 Å². The number of halogens is 2. The van der Waals surface area contributed by atoms with Crippen LogP contribution in [0.2, 0.25) is 0 Å². The quantitative estimate of drug-likeness (QED) is 0.740. The lowest BCUT2D eigenvalue weighted by Gasteiger charge is -2.22. The number of ether oxygens (including phenoxy) is 1. The summed E-state index contributed by atoms with van der Waals surface area (Å²) in [6.45, 7) is 8.68. The number of benzene rings is 1. The number of nitrogens with one attached hydrogen (secondary N) is 2. The molecule has 1 rings (SSSR count). The summed E-state index contributed by atoms with van der Waals surface area (Å²) in [5, 5.41) is 6.02. The maximum absolute atomic E-state index is 13.2. The molecule has 0 aromatic heterocycles. The van der Waals surface area contributed by atoms with Crippen LogP contribution in [0.1, 0.15) is 39.7 Å². The molecular formula is C16H24BrFN2O2. The van der Waals surface area contributed by atoms with E-state index in [1.807, 2.05) is 27.7 Å². The number of rotatable bonds is 6. The van der Waals surface area contributed by atoms with Crippen molar-refractivity contribution < 1.29 is 13.9 Å². The third-order valence-electron chi connectivity index (χ3n) is 2.84. The molecule has 1 unspecified atom stereocenters. The molecule has 1 amide bonds. The molecule has 1 aromatic rings. The smallest absolute Gasteiger partial charge is 0.407 e. The first-order chi connectivity index (χ1) is 10.2. The second kappa shape index (κ2) is 8.48. The highest BCUT2D eigenvalue weighted by Gasteiger charge is 2.17. The molecule has 0 fully saturated rings. The SMILES string of the molecule is CC(CCNCc1cc(F)ccc1Br)NC(=O)OC(C)(C)C. The first-order valence-electron chi connectivity index (χ1n) is 7.31. The molecule has 22 heavy (non-hydrogen) atoms. The van der Waals surface area contributed by atoms with Crippen molar-refractivity contribution in [2.75, 3.05) is 6.54 Å². The molecule has 1 atom stereocenters. The third-order valence-corrected chi connectivity index (χ3v) is 3.61. The fourth-order valence-corrected chi connectivity index (χ4v) is 2.19. The number of hydrogen-bond donors (Lipinski definition) is 2. The van der Waals surface area contributed by atoms with E-state index < -0.39 is 11.7 Å². The van der Waals surface area contributed by atoms with E-state index in [1.54, 1.807) is 6.07 Å². The molecular weight excluding hydrogens is 351 g/mol. The van der Waals surface area contributed by atoms with E-state index in [0.29, 0.717) is 13.1 Å². The van der Waals surface area contributed by atoms with Gasteiger partial charge in [0, 0.05) is 17.1 Å². The minimum absolute atomic E-state index is 0.00157. The molecule has 0 aliphatic heterocycles. The standard InChI is InChI=1S/C16H24BrFN2O2/c1-11(20-15(21)22-16(2,3)4)7-8-19-10-12-9-13(18)5-6-14(12)17/h5-6,9,11,19H,7-8,10H2,1-4H3,(H,20,21). The van der Waals surface area contributed by atoms with Crippen LogP contribution < -0.4 is 10.6 Å². The molecule has 0 aliphatic carbocycles. The Bertz CT molecular complexity index is 503. The van der Waals surface area contributed by atoms with Crippen LogP contribution in [0.4, 0.5) is 9.18 Å². The van der Waals surface area contributed by atoms with Crippen LogP contribution in [0.15, 0.2) is 22.7 Å². The zero-order valence-electron chi connectivity index (χ0n) is 13.5. The Hall–Kier alpha value is -1.14. The highest BCUT2D eigenvalue weighted by Crippen LogP contribution is 2.17. The zero-order chi connectivity index (χ0) is 16.8. The summed E-state index contributed by atoms with van der Waals surface area (Å²) in [5.41, 5.74) is 0.374. The van der Waals surface area contributed by atoms with Gasteiger partial charge in [0.1, 0.15) is 11.4 Å². The average molecular weight is 375 g/mol. The summed E-state index contributed by atoms with van der Waals surface area (Å²) in [4.78, 5) is 11.6. The monoisotopic (exact) mass is 374 g/mol. The molecule has 0 aliphatic rings. The Morgan fingerprint density at radius 3 is 2.73 bits per heavy atom. The van der Waals surface area contributed by atoms with Gasteiger partial charge in [-0.05, 0) is 64.4 Å². The lowest BCUT2D eigenvalue weighted by atomic mass is 10.2. The van der Waals surface area contributed by atoms with Crippen molar-refractivity contribution in [2.45, 2.75) is 52.3 Å². The predicted molar refractivity (Wildman–Crippen MR) is 89.3 cm³/mol.